The molecule has 4 heteroatoms. The van der Waals surface area contributed by atoms with Crippen LogP contribution in [-0.2, 0) is 0 Å². The Morgan fingerprint density at radius 3 is 1.61 bits per heavy atom. The maximum absolute atomic E-state index is 13.2. The Kier molecular flexibility index (Phi) is 5.33. The Balaban J connectivity index is 1.47. The minimum Gasteiger partial charge on any atom is -0.320 e. The average Bonchev–Trinajstić information content (AvgIpc) is 2.85. The fourth-order valence-electron chi connectivity index (χ4n) is 4.10. The van der Waals surface area contributed by atoms with Crippen molar-refractivity contribution in [1.29, 1.82) is 0 Å². The Hall–Kier alpha value is -4.44. The van der Waals surface area contributed by atoms with Gasteiger partial charge in [0, 0.05) is 11.1 Å². The molecule has 0 unspecified atom stereocenters. The van der Waals surface area contributed by atoms with Crippen molar-refractivity contribution in [1.82, 2.24) is 0 Å². The van der Waals surface area contributed by atoms with E-state index in [0.717, 1.165) is 27.1 Å². The lowest BCUT2D eigenvalue weighted by Crippen LogP contribution is -2.17. The minimum atomic E-state index is -0.226. The summed E-state index contributed by atoms with van der Waals surface area (Å²) in [6.45, 7) is 1.95. The van der Waals surface area contributed by atoms with Gasteiger partial charge in [-0.2, -0.15) is 0 Å². The molecule has 0 spiro atoms. The molecule has 0 aliphatic carbocycles. The molecule has 5 rings (SSSR count). The lowest BCUT2D eigenvalue weighted by atomic mass is 10.0. The number of aryl methyl sites for hydroxylation is 1. The van der Waals surface area contributed by atoms with Crippen molar-refractivity contribution in [2.75, 3.05) is 10.6 Å². The van der Waals surface area contributed by atoms with Crippen LogP contribution in [0.1, 0.15) is 26.3 Å². The molecule has 5 aromatic carbocycles. The first-order valence-corrected chi connectivity index (χ1v) is 10.8. The summed E-state index contributed by atoms with van der Waals surface area (Å²) < 4.78 is 0. The summed E-state index contributed by atoms with van der Waals surface area (Å²) in [5.74, 6) is -0.450. The topological polar surface area (TPSA) is 58.2 Å². The largest absolute Gasteiger partial charge is 0.320 e. The SMILES string of the molecule is Cc1ccc(NC(=O)c2cccc3ccccc23)c(NC(=O)c2cccc3ccccc23)c1. The van der Waals surface area contributed by atoms with Gasteiger partial charge >= 0.3 is 0 Å². The van der Waals surface area contributed by atoms with Gasteiger partial charge in [0.2, 0.25) is 0 Å². The summed E-state index contributed by atoms with van der Waals surface area (Å²) in [6, 6.07) is 32.5. The number of rotatable bonds is 4. The van der Waals surface area contributed by atoms with Gasteiger partial charge in [-0.25, -0.2) is 0 Å². The molecule has 33 heavy (non-hydrogen) atoms. The fourth-order valence-corrected chi connectivity index (χ4v) is 4.10. The molecule has 0 aliphatic heterocycles. The van der Waals surface area contributed by atoms with E-state index in [1.807, 2.05) is 104 Å². The number of nitrogens with one attached hydrogen (secondary N) is 2. The number of hydrogen-bond donors (Lipinski definition) is 2. The maximum Gasteiger partial charge on any atom is 0.256 e. The van der Waals surface area contributed by atoms with E-state index in [-0.39, 0.29) is 11.8 Å². The number of benzene rings is 5. The number of carbonyl (C=O) groups excluding carboxylic acids is 2. The fraction of sp³-hybridized carbons (Fsp3) is 0.0345. The molecule has 0 aromatic heterocycles. The first-order chi connectivity index (χ1) is 16.1. The molecule has 2 N–H and O–H groups in total. The van der Waals surface area contributed by atoms with Crippen LogP contribution >= 0.6 is 0 Å². The van der Waals surface area contributed by atoms with Gasteiger partial charge in [-0.3, -0.25) is 9.59 Å². The molecule has 4 nitrogen and oxygen atoms in total. The van der Waals surface area contributed by atoms with Crippen molar-refractivity contribution in [2.45, 2.75) is 6.92 Å². The van der Waals surface area contributed by atoms with Crippen molar-refractivity contribution in [3.8, 4) is 0 Å². The van der Waals surface area contributed by atoms with Crippen LogP contribution in [-0.4, -0.2) is 11.8 Å². The Morgan fingerprint density at radius 2 is 1.03 bits per heavy atom. The van der Waals surface area contributed by atoms with Gasteiger partial charge in [0.05, 0.1) is 11.4 Å². The van der Waals surface area contributed by atoms with E-state index in [1.165, 1.54) is 0 Å². The van der Waals surface area contributed by atoms with Gasteiger partial charge in [-0.1, -0.05) is 78.9 Å². The van der Waals surface area contributed by atoms with E-state index < -0.39 is 0 Å². The summed E-state index contributed by atoms with van der Waals surface area (Å²) in [5.41, 5.74) is 3.25. The lowest BCUT2D eigenvalue weighted by Gasteiger charge is -2.15. The molecule has 0 radical (unpaired) electrons. The average molecular weight is 431 g/mol. The number of anilines is 2. The van der Waals surface area contributed by atoms with E-state index >= 15 is 0 Å². The Morgan fingerprint density at radius 1 is 0.545 bits per heavy atom. The number of fused-ring (bicyclic) bond motifs is 2. The maximum atomic E-state index is 13.2. The highest BCUT2D eigenvalue weighted by Gasteiger charge is 2.15. The molecular formula is C29H22N2O2. The van der Waals surface area contributed by atoms with E-state index in [0.29, 0.717) is 22.5 Å². The summed E-state index contributed by atoms with van der Waals surface area (Å²) in [4.78, 5) is 26.4. The molecule has 0 saturated carbocycles. The van der Waals surface area contributed by atoms with Crippen molar-refractivity contribution < 1.29 is 9.59 Å². The molecular weight excluding hydrogens is 408 g/mol. The highest BCUT2D eigenvalue weighted by Crippen LogP contribution is 2.27. The predicted molar refractivity (Wildman–Crippen MR) is 135 cm³/mol. The molecule has 0 atom stereocenters. The van der Waals surface area contributed by atoms with Crippen LogP contribution in [0.2, 0.25) is 0 Å². The van der Waals surface area contributed by atoms with Crippen molar-refractivity contribution >= 4 is 44.7 Å². The Bertz CT molecular complexity index is 1510. The zero-order valence-electron chi connectivity index (χ0n) is 18.1. The second-order valence-corrected chi connectivity index (χ2v) is 8.01. The van der Waals surface area contributed by atoms with Crippen molar-refractivity contribution in [3.63, 3.8) is 0 Å². The molecule has 5 aromatic rings. The van der Waals surface area contributed by atoms with Gasteiger partial charge in [0.25, 0.3) is 11.8 Å². The summed E-state index contributed by atoms with van der Waals surface area (Å²) in [5, 5.41) is 9.75. The molecule has 160 valence electrons. The van der Waals surface area contributed by atoms with E-state index in [1.54, 1.807) is 6.07 Å². The van der Waals surface area contributed by atoms with Gasteiger partial charge in [-0.15, -0.1) is 0 Å². The molecule has 0 heterocycles. The first kappa shape index (κ1) is 20.5. The molecule has 2 amide bonds. The van der Waals surface area contributed by atoms with Crippen LogP contribution in [0.15, 0.2) is 103 Å². The van der Waals surface area contributed by atoms with Crippen LogP contribution in [0, 0.1) is 6.92 Å². The highest BCUT2D eigenvalue weighted by molar-refractivity contribution is 6.16. The predicted octanol–water partition coefficient (Wildman–Crippen LogP) is 6.81. The monoisotopic (exact) mass is 430 g/mol. The highest BCUT2D eigenvalue weighted by atomic mass is 16.2. The van der Waals surface area contributed by atoms with Crippen molar-refractivity contribution in [2.24, 2.45) is 0 Å². The van der Waals surface area contributed by atoms with Gasteiger partial charge in [0.15, 0.2) is 0 Å². The molecule has 0 fully saturated rings. The van der Waals surface area contributed by atoms with Crippen LogP contribution in [0.3, 0.4) is 0 Å². The molecule has 0 aliphatic rings. The Labute approximate surface area is 191 Å². The van der Waals surface area contributed by atoms with Gasteiger partial charge in [-0.05, 0) is 58.3 Å². The number of amides is 2. The summed E-state index contributed by atoms with van der Waals surface area (Å²) in [6.07, 6.45) is 0. The second kappa shape index (κ2) is 8.60. The third-order valence-corrected chi connectivity index (χ3v) is 5.74. The van der Waals surface area contributed by atoms with E-state index in [4.69, 9.17) is 0 Å². The zero-order valence-corrected chi connectivity index (χ0v) is 18.1. The third-order valence-electron chi connectivity index (χ3n) is 5.74. The standard InChI is InChI=1S/C29H22N2O2/c1-19-16-17-26(30-28(32)24-14-6-10-20-8-2-4-12-22(20)24)27(18-19)31-29(33)25-15-7-11-21-9-3-5-13-23(21)25/h2-18H,1H3,(H,30,32)(H,31,33). The normalized spacial score (nSPS) is 10.8. The molecule has 0 bridgehead atoms. The quantitative estimate of drug-likeness (QED) is 0.329. The van der Waals surface area contributed by atoms with Gasteiger partial charge in [0.1, 0.15) is 0 Å². The van der Waals surface area contributed by atoms with Crippen molar-refractivity contribution in [3.05, 3.63) is 120 Å². The van der Waals surface area contributed by atoms with Crippen LogP contribution in [0.5, 0.6) is 0 Å². The van der Waals surface area contributed by atoms with Crippen LogP contribution < -0.4 is 10.6 Å². The summed E-state index contributed by atoms with van der Waals surface area (Å²) >= 11 is 0. The smallest absolute Gasteiger partial charge is 0.256 e. The van der Waals surface area contributed by atoms with E-state index in [2.05, 4.69) is 10.6 Å². The van der Waals surface area contributed by atoms with Crippen LogP contribution in [0.4, 0.5) is 11.4 Å². The number of carbonyl (C=O) groups is 2. The van der Waals surface area contributed by atoms with Crippen LogP contribution in [0.25, 0.3) is 21.5 Å². The lowest BCUT2D eigenvalue weighted by molar-refractivity contribution is 0.101. The van der Waals surface area contributed by atoms with Gasteiger partial charge < -0.3 is 10.6 Å². The second-order valence-electron chi connectivity index (χ2n) is 8.01. The zero-order chi connectivity index (χ0) is 22.8. The minimum absolute atomic E-state index is 0.224. The third kappa shape index (κ3) is 4.06. The molecule has 0 saturated heterocycles. The summed E-state index contributed by atoms with van der Waals surface area (Å²) in [7, 11) is 0. The number of hydrogen-bond acceptors (Lipinski definition) is 2. The van der Waals surface area contributed by atoms with E-state index in [9.17, 15) is 9.59 Å². The first-order valence-electron chi connectivity index (χ1n) is 10.8.